The van der Waals surface area contributed by atoms with E-state index in [-0.39, 0.29) is 17.7 Å². The van der Waals surface area contributed by atoms with Crippen molar-refractivity contribution < 1.29 is 19.1 Å². The summed E-state index contributed by atoms with van der Waals surface area (Å²) in [6.07, 6.45) is 1.73. The number of nitrogens with zero attached hydrogens (tertiary/aromatic N) is 1. The monoisotopic (exact) mass is 697 g/mol. The van der Waals surface area contributed by atoms with Crippen molar-refractivity contribution >= 4 is 74.2 Å². The molecule has 34 heavy (non-hydrogen) atoms. The van der Waals surface area contributed by atoms with Crippen LogP contribution in [0.4, 0.5) is 4.79 Å². The maximum absolute atomic E-state index is 12.9. The SMILES string of the molecule is COc1cc(/C=C2\SC(=O)N(Cc3ccc(I)cc3)C2=O)cc(I)c1OCc1ccc(C)cc1. The first-order valence-corrected chi connectivity index (χ1v) is 13.4. The van der Waals surface area contributed by atoms with Crippen molar-refractivity contribution in [1.82, 2.24) is 4.90 Å². The van der Waals surface area contributed by atoms with Gasteiger partial charge in [0.05, 0.1) is 22.1 Å². The van der Waals surface area contributed by atoms with Gasteiger partial charge in [0, 0.05) is 3.57 Å². The number of hydrogen-bond acceptors (Lipinski definition) is 5. The highest BCUT2D eigenvalue weighted by molar-refractivity contribution is 14.1. The summed E-state index contributed by atoms with van der Waals surface area (Å²) in [5.41, 5.74) is 3.94. The molecule has 8 heteroatoms. The molecule has 3 aromatic rings. The summed E-state index contributed by atoms with van der Waals surface area (Å²) >= 11 is 5.37. The Labute approximate surface area is 230 Å². The van der Waals surface area contributed by atoms with Crippen LogP contribution < -0.4 is 9.47 Å². The van der Waals surface area contributed by atoms with E-state index in [0.29, 0.717) is 23.0 Å². The van der Waals surface area contributed by atoms with Crippen LogP contribution in [0.15, 0.2) is 65.6 Å². The lowest BCUT2D eigenvalue weighted by atomic mass is 10.1. The smallest absolute Gasteiger partial charge is 0.293 e. The molecule has 2 amide bonds. The van der Waals surface area contributed by atoms with E-state index in [1.54, 1.807) is 13.2 Å². The van der Waals surface area contributed by atoms with Crippen LogP contribution in [0, 0.1) is 14.1 Å². The molecule has 0 spiro atoms. The van der Waals surface area contributed by atoms with Crippen LogP contribution >= 0.6 is 56.9 Å². The molecule has 0 unspecified atom stereocenters. The van der Waals surface area contributed by atoms with Crippen molar-refractivity contribution in [3.8, 4) is 11.5 Å². The molecule has 1 heterocycles. The van der Waals surface area contributed by atoms with Crippen LogP contribution in [0.3, 0.4) is 0 Å². The van der Waals surface area contributed by atoms with Crippen molar-refractivity contribution in [2.45, 2.75) is 20.1 Å². The van der Waals surface area contributed by atoms with Gasteiger partial charge in [-0.05, 0) is 111 Å². The Bertz CT molecular complexity index is 1260. The molecule has 4 rings (SSSR count). The molecule has 0 radical (unpaired) electrons. The van der Waals surface area contributed by atoms with Crippen LogP contribution in [0.5, 0.6) is 11.5 Å². The summed E-state index contributed by atoms with van der Waals surface area (Å²) in [6.45, 7) is 2.72. The van der Waals surface area contributed by atoms with Gasteiger partial charge in [0.1, 0.15) is 6.61 Å². The Morgan fingerprint density at radius 3 is 2.32 bits per heavy atom. The molecule has 174 valence electrons. The second kappa shape index (κ2) is 11.1. The second-order valence-corrected chi connectivity index (χ2v) is 11.1. The number of ether oxygens (including phenoxy) is 2. The Hall–Kier alpha value is -2.05. The maximum atomic E-state index is 12.9. The van der Waals surface area contributed by atoms with E-state index < -0.39 is 0 Å². The van der Waals surface area contributed by atoms with Crippen LogP contribution in [-0.2, 0) is 17.9 Å². The Morgan fingerprint density at radius 2 is 1.65 bits per heavy atom. The fourth-order valence-electron chi connectivity index (χ4n) is 3.36. The number of hydrogen-bond donors (Lipinski definition) is 0. The highest BCUT2D eigenvalue weighted by Crippen LogP contribution is 2.38. The van der Waals surface area contributed by atoms with E-state index in [1.807, 2.05) is 55.5 Å². The predicted molar refractivity (Wildman–Crippen MR) is 152 cm³/mol. The zero-order valence-electron chi connectivity index (χ0n) is 18.5. The summed E-state index contributed by atoms with van der Waals surface area (Å²) in [5, 5.41) is -0.269. The summed E-state index contributed by atoms with van der Waals surface area (Å²) in [4.78, 5) is 27.1. The maximum Gasteiger partial charge on any atom is 0.293 e. The minimum Gasteiger partial charge on any atom is -0.493 e. The van der Waals surface area contributed by atoms with E-state index in [9.17, 15) is 9.59 Å². The first-order valence-electron chi connectivity index (χ1n) is 10.4. The third-order valence-electron chi connectivity index (χ3n) is 5.18. The Kier molecular flexibility index (Phi) is 8.20. The van der Waals surface area contributed by atoms with Gasteiger partial charge in [-0.3, -0.25) is 14.5 Å². The number of amides is 2. The van der Waals surface area contributed by atoms with Gasteiger partial charge in [0.15, 0.2) is 11.5 Å². The lowest BCUT2D eigenvalue weighted by Gasteiger charge is -2.14. The quantitative estimate of drug-likeness (QED) is 0.196. The lowest BCUT2D eigenvalue weighted by molar-refractivity contribution is -0.123. The van der Waals surface area contributed by atoms with Gasteiger partial charge in [0.25, 0.3) is 11.1 Å². The number of benzene rings is 3. The molecular weight excluding hydrogens is 676 g/mol. The highest BCUT2D eigenvalue weighted by atomic mass is 127. The predicted octanol–water partition coefficient (Wildman–Crippen LogP) is 7.03. The molecule has 0 saturated carbocycles. The van der Waals surface area contributed by atoms with Crippen molar-refractivity contribution in [3.05, 3.63) is 95.0 Å². The van der Waals surface area contributed by atoms with E-state index in [4.69, 9.17) is 9.47 Å². The fraction of sp³-hybridized carbons (Fsp3) is 0.154. The number of carbonyl (C=O) groups is 2. The van der Waals surface area contributed by atoms with Crippen molar-refractivity contribution in [2.24, 2.45) is 0 Å². The van der Waals surface area contributed by atoms with Gasteiger partial charge in [-0.1, -0.05) is 42.0 Å². The van der Waals surface area contributed by atoms with Gasteiger partial charge >= 0.3 is 0 Å². The molecular formula is C26H21I2NO4S. The fourth-order valence-corrected chi connectivity index (χ4v) is 5.34. The van der Waals surface area contributed by atoms with Gasteiger partial charge in [-0.2, -0.15) is 0 Å². The summed E-state index contributed by atoms with van der Waals surface area (Å²) in [6, 6.07) is 19.7. The average molecular weight is 697 g/mol. The zero-order valence-corrected chi connectivity index (χ0v) is 23.6. The molecule has 0 aliphatic carbocycles. The Balaban J connectivity index is 1.52. The van der Waals surface area contributed by atoms with E-state index in [0.717, 1.165) is 35.6 Å². The van der Waals surface area contributed by atoms with E-state index >= 15 is 0 Å². The first kappa shape index (κ1) is 25.1. The summed E-state index contributed by atoms with van der Waals surface area (Å²) in [5.74, 6) is 0.929. The molecule has 3 aromatic carbocycles. The van der Waals surface area contributed by atoms with Crippen LogP contribution in [0.2, 0.25) is 0 Å². The molecule has 0 aromatic heterocycles. The minimum absolute atomic E-state index is 0.256. The van der Waals surface area contributed by atoms with Gasteiger partial charge in [0.2, 0.25) is 0 Å². The second-order valence-electron chi connectivity index (χ2n) is 7.70. The number of halogens is 2. The molecule has 1 fully saturated rings. The summed E-state index contributed by atoms with van der Waals surface area (Å²) < 4.78 is 13.6. The molecule has 1 aliphatic heterocycles. The molecule has 5 nitrogen and oxygen atoms in total. The van der Waals surface area contributed by atoms with Crippen LogP contribution in [0.1, 0.15) is 22.3 Å². The third kappa shape index (κ3) is 5.95. The number of rotatable bonds is 7. The lowest BCUT2D eigenvalue weighted by Crippen LogP contribution is -2.27. The largest absolute Gasteiger partial charge is 0.493 e. The van der Waals surface area contributed by atoms with Crippen molar-refractivity contribution in [2.75, 3.05) is 7.11 Å². The van der Waals surface area contributed by atoms with Crippen molar-refractivity contribution in [1.29, 1.82) is 0 Å². The zero-order chi connectivity index (χ0) is 24.2. The normalized spacial score (nSPS) is 14.7. The number of aryl methyl sites for hydroxylation is 1. The molecule has 1 aliphatic rings. The van der Waals surface area contributed by atoms with Gasteiger partial charge in [-0.25, -0.2) is 0 Å². The van der Waals surface area contributed by atoms with Gasteiger partial charge in [-0.15, -0.1) is 0 Å². The molecule has 0 atom stereocenters. The van der Waals surface area contributed by atoms with Crippen LogP contribution in [-0.4, -0.2) is 23.2 Å². The van der Waals surface area contributed by atoms with E-state index in [1.165, 1.54) is 10.5 Å². The molecule has 0 N–H and O–H groups in total. The number of imide groups is 1. The van der Waals surface area contributed by atoms with Crippen molar-refractivity contribution in [3.63, 3.8) is 0 Å². The summed E-state index contributed by atoms with van der Waals surface area (Å²) in [7, 11) is 1.59. The third-order valence-corrected chi connectivity index (χ3v) is 7.61. The number of carbonyl (C=O) groups excluding carboxylic acids is 2. The standard InChI is InChI=1S/C26H21I2NO4S/c1-16-3-5-18(6-4-16)15-33-24-21(28)11-19(12-22(24)32-2)13-23-25(30)29(26(31)34-23)14-17-7-9-20(27)10-8-17/h3-13H,14-15H2,1-2H3/b23-13-. The molecule has 1 saturated heterocycles. The highest BCUT2D eigenvalue weighted by Gasteiger charge is 2.35. The van der Waals surface area contributed by atoms with Gasteiger partial charge < -0.3 is 9.47 Å². The Morgan fingerprint density at radius 1 is 0.971 bits per heavy atom. The molecule has 0 bridgehead atoms. The minimum atomic E-state index is -0.290. The topological polar surface area (TPSA) is 55.8 Å². The van der Waals surface area contributed by atoms with E-state index in [2.05, 4.69) is 57.3 Å². The van der Waals surface area contributed by atoms with Crippen LogP contribution in [0.25, 0.3) is 6.08 Å². The number of thioether (sulfide) groups is 1. The first-order chi connectivity index (χ1) is 16.3. The number of methoxy groups -OCH3 is 1. The average Bonchev–Trinajstić information content (AvgIpc) is 3.07.